The summed E-state index contributed by atoms with van der Waals surface area (Å²) in [6, 6.07) is 8.62. The van der Waals surface area contributed by atoms with Crippen LogP contribution in [0.1, 0.15) is 5.69 Å². The Bertz CT molecular complexity index is 999. The molecule has 2 aliphatic heterocycles. The smallest absolute Gasteiger partial charge is 0.134 e. The molecule has 0 N–H and O–H groups in total. The largest absolute Gasteiger partial charge is 0.378 e. The van der Waals surface area contributed by atoms with Gasteiger partial charge in [0.15, 0.2) is 0 Å². The summed E-state index contributed by atoms with van der Waals surface area (Å²) in [6.07, 6.45) is 1.67. The minimum absolute atomic E-state index is 0.223. The number of anilines is 2. The van der Waals surface area contributed by atoms with E-state index < -0.39 is 0 Å². The summed E-state index contributed by atoms with van der Waals surface area (Å²) in [6.45, 7) is 7.84. The number of ether oxygens (including phenoxy) is 1. The second-order valence-electron chi connectivity index (χ2n) is 7.75. The first-order valence-electron chi connectivity index (χ1n) is 10.6. The maximum atomic E-state index is 13.1. The fourth-order valence-corrected chi connectivity index (χ4v) is 4.76. The zero-order chi connectivity index (χ0) is 21.0. The van der Waals surface area contributed by atoms with E-state index in [1.54, 1.807) is 29.8 Å². The standard InChI is InChI=1S/C22H25FN6OS/c23-18-3-1-17(2-4-18)22-26-19(15-31-22)14-27-5-7-28(8-6-27)20-13-21(25-16-24-20)29-9-11-30-12-10-29/h1-4,13,15-16H,5-12,14H2. The van der Waals surface area contributed by atoms with Gasteiger partial charge in [-0.25, -0.2) is 19.3 Å². The Morgan fingerprint density at radius 1 is 0.903 bits per heavy atom. The van der Waals surface area contributed by atoms with Crippen molar-refractivity contribution in [3.05, 3.63) is 53.6 Å². The summed E-state index contributed by atoms with van der Waals surface area (Å²) in [7, 11) is 0. The number of piperazine rings is 1. The van der Waals surface area contributed by atoms with Crippen LogP contribution in [-0.2, 0) is 11.3 Å². The highest BCUT2D eigenvalue weighted by Gasteiger charge is 2.21. The van der Waals surface area contributed by atoms with Crippen molar-refractivity contribution in [1.82, 2.24) is 19.9 Å². The fourth-order valence-electron chi connectivity index (χ4n) is 3.94. The van der Waals surface area contributed by atoms with Crippen molar-refractivity contribution in [2.45, 2.75) is 6.54 Å². The van der Waals surface area contributed by atoms with E-state index in [9.17, 15) is 4.39 Å². The van der Waals surface area contributed by atoms with E-state index in [-0.39, 0.29) is 5.82 Å². The second-order valence-corrected chi connectivity index (χ2v) is 8.61. The van der Waals surface area contributed by atoms with Gasteiger partial charge in [0, 0.05) is 62.8 Å². The molecule has 0 spiro atoms. The van der Waals surface area contributed by atoms with Gasteiger partial charge in [-0.05, 0) is 24.3 Å². The third-order valence-corrected chi connectivity index (χ3v) is 6.64. The van der Waals surface area contributed by atoms with E-state index in [0.717, 1.165) is 86.9 Å². The first kappa shape index (κ1) is 20.3. The topological polar surface area (TPSA) is 57.6 Å². The summed E-state index contributed by atoms with van der Waals surface area (Å²) < 4.78 is 18.6. The van der Waals surface area contributed by atoms with Gasteiger partial charge in [-0.15, -0.1) is 11.3 Å². The van der Waals surface area contributed by atoms with E-state index in [1.807, 2.05) is 0 Å². The van der Waals surface area contributed by atoms with Gasteiger partial charge in [0.1, 0.15) is 28.8 Å². The first-order valence-corrected chi connectivity index (χ1v) is 11.4. The van der Waals surface area contributed by atoms with Crippen LogP contribution in [0.25, 0.3) is 10.6 Å². The number of morpholine rings is 1. The maximum absolute atomic E-state index is 13.1. The zero-order valence-electron chi connectivity index (χ0n) is 17.3. The molecule has 0 aliphatic carbocycles. The summed E-state index contributed by atoms with van der Waals surface area (Å²) in [4.78, 5) is 20.7. The highest BCUT2D eigenvalue weighted by atomic mass is 32.1. The third kappa shape index (κ3) is 4.84. The third-order valence-electron chi connectivity index (χ3n) is 5.70. The number of hydrogen-bond acceptors (Lipinski definition) is 8. The van der Waals surface area contributed by atoms with Crippen molar-refractivity contribution >= 4 is 23.0 Å². The minimum atomic E-state index is -0.223. The van der Waals surface area contributed by atoms with Gasteiger partial charge >= 0.3 is 0 Å². The van der Waals surface area contributed by atoms with Crippen LogP contribution < -0.4 is 9.80 Å². The van der Waals surface area contributed by atoms with Crippen molar-refractivity contribution in [2.75, 3.05) is 62.3 Å². The molecule has 162 valence electrons. The van der Waals surface area contributed by atoms with Crippen molar-refractivity contribution < 1.29 is 9.13 Å². The van der Waals surface area contributed by atoms with Crippen LogP contribution in [0.2, 0.25) is 0 Å². The SMILES string of the molecule is Fc1ccc(-c2nc(CN3CCN(c4cc(N5CCOCC5)ncn4)CC3)cs2)cc1. The summed E-state index contributed by atoms with van der Waals surface area (Å²) in [5, 5.41) is 3.04. The van der Waals surface area contributed by atoms with E-state index >= 15 is 0 Å². The Morgan fingerprint density at radius 2 is 1.58 bits per heavy atom. The van der Waals surface area contributed by atoms with Gasteiger partial charge in [0.25, 0.3) is 0 Å². The molecule has 0 atom stereocenters. The van der Waals surface area contributed by atoms with Crippen molar-refractivity contribution in [3.8, 4) is 10.6 Å². The van der Waals surface area contributed by atoms with Gasteiger partial charge in [-0.3, -0.25) is 4.90 Å². The molecule has 5 rings (SSSR count). The second kappa shape index (κ2) is 9.25. The lowest BCUT2D eigenvalue weighted by molar-refractivity contribution is 0.122. The van der Waals surface area contributed by atoms with E-state index in [0.29, 0.717) is 0 Å². The number of nitrogens with zero attached hydrogens (tertiary/aromatic N) is 6. The van der Waals surface area contributed by atoms with E-state index in [4.69, 9.17) is 9.72 Å². The Hall–Kier alpha value is -2.62. The van der Waals surface area contributed by atoms with Crippen molar-refractivity contribution in [1.29, 1.82) is 0 Å². The Labute approximate surface area is 185 Å². The molecule has 3 aromatic rings. The van der Waals surface area contributed by atoms with E-state index in [1.165, 1.54) is 12.1 Å². The molecule has 31 heavy (non-hydrogen) atoms. The first-order chi connectivity index (χ1) is 15.2. The van der Waals surface area contributed by atoms with Crippen LogP contribution in [0.3, 0.4) is 0 Å². The van der Waals surface area contributed by atoms with Gasteiger partial charge in [0.2, 0.25) is 0 Å². The number of hydrogen-bond donors (Lipinski definition) is 0. The van der Waals surface area contributed by atoms with Gasteiger partial charge in [0.05, 0.1) is 18.9 Å². The number of benzene rings is 1. The van der Waals surface area contributed by atoms with Gasteiger partial charge in [-0.2, -0.15) is 0 Å². The normalized spacial score (nSPS) is 17.8. The minimum Gasteiger partial charge on any atom is -0.378 e. The lowest BCUT2D eigenvalue weighted by Gasteiger charge is -2.35. The summed E-state index contributed by atoms with van der Waals surface area (Å²) in [5.41, 5.74) is 2.02. The highest BCUT2D eigenvalue weighted by molar-refractivity contribution is 7.13. The van der Waals surface area contributed by atoms with Crippen LogP contribution in [0.5, 0.6) is 0 Å². The predicted octanol–water partition coefficient (Wildman–Crippen LogP) is 2.90. The molecule has 7 nitrogen and oxygen atoms in total. The number of halogens is 1. The van der Waals surface area contributed by atoms with Crippen LogP contribution >= 0.6 is 11.3 Å². The molecule has 0 amide bonds. The Kier molecular flexibility index (Phi) is 6.06. The van der Waals surface area contributed by atoms with Crippen molar-refractivity contribution in [3.63, 3.8) is 0 Å². The van der Waals surface area contributed by atoms with Gasteiger partial charge in [-0.1, -0.05) is 0 Å². The highest BCUT2D eigenvalue weighted by Crippen LogP contribution is 2.25. The molecule has 0 bridgehead atoms. The number of thiazole rings is 1. The maximum Gasteiger partial charge on any atom is 0.134 e. The Morgan fingerprint density at radius 3 is 2.29 bits per heavy atom. The lowest BCUT2D eigenvalue weighted by atomic mass is 10.2. The molecule has 4 heterocycles. The van der Waals surface area contributed by atoms with Gasteiger partial charge < -0.3 is 14.5 Å². The number of aromatic nitrogens is 3. The number of rotatable bonds is 5. The fraction of sp³-hybridized carbons (Fsp3) is 0.409. The molecule has 2 fully saturated rings. The quantitative estimate of drug-likeness (QED) is 0.605. The molecule has 0 saturated carbocycles. The molecular formula is C22H25FN6OS. The summed E-state index contributed by atoms with van der Waals surface area (Å²) in [5.74, 6) is 1.74. The molecule has 2 saturated heterocycles. The van der Waals surface area contributed by atoms with E-state index in [2.05, 4.69) is 36.1 Å². The average Bonchev–Trinajstić information content (AvgIpc) is 3.29. The average molecular weight is 441 g/mol. The zero-order valence-corrected chi connectivity index (χ0v) is 18.1. The summed E-state index contributed by atoms with van der Waals surface area (Å²) >= 11 is 1.61. The van der Waals surface area contributed by atoms with Crippen LogP contribution in [0.4, 0.5) is 16.0 Å². The molecule has 0 unspecified atom stereocenters. The molecule has 9 heteroatoms. The lowest BCUT2D eigenvalue weighted by Crippen LogP contribution is -2.46. The predicted molar refractivity (Wildman–Crippen MR) is 120 cm³/mol. The molecule has 1 aromatic carbocycles. The molecule has 2 aromatic heterocycles. The molecular weight excluding hydrogens is 415 g/mol. The van der Waals surface area contributed by atoms with Crippen LogP contribution in [-0.4, -0.2) is 72.3 Å². The Balaban J connectivity index is 1.17. The monoisotopic (exact) mass is 440 g/mol. The van der Waals surface area contributed by atoms with Crippen LogP contribution in [0.15, 0.2) is 42.0 Å². The molecule has 0 radical (unpaired) electrons. The molecule has 2 aliphatic rings. The van der Waals surface area contributed by atoms with Crippen LogP contribution in [0, 0.1) is 5.82 Å². The van der Waals surface area contributed by atoms with Crippen molar-refractivity contribution in [2.24, 2.45) is 0 Å².